The molecular weight excluding hydrogens is 399 g/mol. The van der Waals surface area contributed by atoms with E-state index in [0.717, 1.165) is 37.8 Å². The third-order valence-corrected chi connectivity index (χ3v) is 5.27. The molecule has 1 heterocycles. The van der Waals surface area contributed by atoms with Crippen LogP contribution in [0.4, 0.5) is 13.2 Å². The molecule has 2 aromatic rings. The molecule has 3 rings (SSSR count). The molecule has 0 bridgehead atoms. The van der Waals surface area contributed by atoms with E-state index in [2.05, 4.69) is 10.5 Å². The summed E-state index contributed by atoms with van der Waals surface area (Å²) in [6.45, 7) is 1.45. The van der Waals surface area contributed by atoms with E-state index in [-0.39, 0.29) is 17.6 Å². The van der Waals surface area contributed by atoms with Gasteiger partial charge in [-0.1, -0.05) is 30.1 Å². The highest BCUT2D eigenvalue weighted by Gasteiger charge is 2.31. The zero-order chi connectivity index (χ0) is 21.7. The van der Waals surface area contributed by atoms with Gasteiger partial charge in [0.05, 0.1) is 12.2 Å². The highest BCUT2D eigenvalue weighted by atomic mass is 19.4. The van der Waals surface area contributed by atoms with Crippen LogP contribution in [0.2, 0.25) is 0 Å². The van der Waals surface area contributed by atoms with Gasteiger partial charge in [0.2, 0.25) is 0 Å². The largest absolute Gasteiger partial charge is 0.416 e. The molecule has 1 aromatic carbocycles. The standard InChI is InChI=1S/C21H26F3N3O3/c1-27(11-12-29-2)13-17-18(20(28)25-16-5-3-4-6-16)26-30-19(17)14-7-9-15(10-8-14)21(22,23)24/h7-10,16H,3-6,11-13H2,1-2H3,(H,25,28). The molecule has 0 radical (unpaired) electrons. The molecule has 0 atom stereocenters. The monoisotopic (exact) mass is 425 g/mol. The molecule has 0 unspecified atom stereocenters. The second-order valence-electron chi connectivity index (χ2n) is 7.60. The van der Waals surface area contributed by atoms with Gasteiger partial charge in [0, 0.05) is 37.4 Å². The minimum atomic E-state index is -4.42. The fourth-order valence-electron chi connectivity index (χ4n) is 3.59. The average Bonchev–Trinajstić information content (AvgIpc) is 3.35. The smallest absolute Gasteiger partial charge is 0.383 e. The number of halogens is 3. The van der Waals surface area contributed by atoms with Gasteiger partial charge in [-0.05, 0) is 32.0 Å². The number of hydrogen-bond donors (Lipinski definition) is 1. The minimum absolute atomic E-state index is 0.114. The fraction of sp³-hybridized carbons (Fsp3) is 0.524. The molecule has 1 aromatic heterocycles. The number of methoxy groups -OCH3 is 1. The molecule has 9 heteroatoms. The van der Waals surface area contributed by atoms with Crippen molar-refractivity contribution in [3.63, 3.8) is 0 Å². The van der Waals surface area contributed by atoms with E-state index in [0.29, 0.717) is 36.6 Å². The summed E-state index contributed by atoms with van der Waals surface area (Å²) in [6, 6.07) is 4.77. The normalized spacial score (nSPS) is 15.1. The Morgan fingerprint density at radius 3 is 2.53 bits per heavy atom. The fourth-order valence-corrected chi connectivity index (χ4v) is 3.59. The number of nitrogens with one attached hydrogen (secondary N) is 1. The molecule has 1 aliphatic rings. The Labute approximate surface area is 173 Å². The van der Waals surface area contributed by atoms with Crippen molar-refractivity contribution >= 4 is 5.91 Å². The van der Waals surface area contributed by atoms with Crippen molar-refractivity contribution in [3.8, 4) is 11.3 Å². The summed E-state index contributed by atoms with van der Waals surface area (Å²) in [5.74, 6) is -0.0245. The van der Waals surface area contributed by atoms with E-state index in [4.69, 9.17) is 9.26 Å². The van der Waals surface area contributed by atoms with Crippen molar-refractivity contribution in [2.24, 2.45) is 0 Å². The number of likely N-dealkylation sites (N-methyl/N-ethyl adjacent to an activating group) is 1. The first kappa shape index (κ1) is 22.3. The third-order valence-electron chi connectivity index (χ3n) is 5.27. The van der Waals surface area contributed by atoms with E-state index in [9.17, 15) is 18.0 Å². The first-order chi connectivity index (χ1) is 14.3. The summed E-state index contributed by atoms with van der Waals surface area (Å²) < 4.78 is 49.2. The zero-order valence-corrected chi connectivity index (χ0v) is 17.1. The molecule has 0 spiro atoms. The van der Waals surface area contributed by atoms with E-state index in [1.54, 1.807) is 7.11 Å². The van der Waals surface area contributed by atoms with Gasteiger partial charge in [-0.2, -0.15) is 13.2 Å². The van der Waals surface area contributed by atoms with Crippen LogP contribution in [0.15, 0.2) is 28.8 Å². The Hall–Kier alpha value is -2.39. The van der Waals surface area contributed by atoms with Crippen LogP contribution in [0.5, 0.6) is 0 Å². The molecular formula is C21H26F3N3O3. The highest BCUT2D eigenvalue weighted by Crippen LogP contribution is 2.33. The number of aromatic nitrogens is 1. The lowest BCUT2D eigenvalue weighted by atomic mass is 10.0. The highest BCUT2D eigenvalue weighted by molar-refractivity contribution is 5.95. The molecule has 0 aliphatic heterocycles. The van der Waals surface area contributed by atoms with Crippen LogP contribution in [0, 0.1) is 0 Å². The van der Waals surface area contributed by atoms with Crippen LogP contribution >= 0.6 is 0 Å². The molecule has 1 saturated carbocycles. The number of benzene rings is 1. The van der Waals surface area contributed by atoms with E-state index >= 15 is 0 Å². The first-order valence-electron chi connectivity index (χ1n) is 9.94. The SMILES string of the molecule is COCCN(C)Cc1c(C(=O)NC2CCCC2)noc1-c1ccc(C(F)(F)F)cc1. The lowest BCUT2D eigenvalue weighted by molar-refractivity contribution is -0.137. The van der Waals surface area contributed by atoms with Crippen molar-refractivity contribution in [1.82, 2.24) is 15.4 Å². The number of hydrogen-bond acceptors (Lipinski definition) is 5. The number of alkyl halides is 3. The Morgan fingerprint density at radius 2 is 1.93 bits per heavy atom. The second-order valence-corrected chi connectivity index (χ2v) is 7.60. The number of amides is 1. The molecule has 30 heavy (non-hydrogen) atoms. The Kier molecular flexibility index (Phi) is 7.14. The van der Waals surface area contributed by atoms with Gasteiger partial charge < -0.3 is 14.6 Å². The summed E-state index contributed by atoms with van der Waals surface area (Å²) in [6.07, 6.45) is -0.410. The Bertz CT molecular complexity index is 843. The minimum Gasteiger partial charge on any atom is -0.383 e. The van der Waals surface area contributed by atoms with Crippen molar-refractivity contribution in [2.75, 3.05) is 27.3 Å². The molecule has 1 N–H and O–H groups in total. The predicted octanol–water partition coefficient (Wildman–Crippen LogP) is 4.11. The predicted molar refractivity (Wildman–Crippen MR) is 105 cm³/mol. The average molecular weight is 425 g/mol. The van der Waals surface area contributed by atoms with Crippen molar-refractivity contribution in [1.29, 1.82) is 0 Å². The summed E-state index contributed by atoms with van der Waals surface area (Å²) in [5.41, 5.74) is 0.402. The van der Waals surface area contributed by atoms with Crippen LogP contribution < -0.4 is 5.32 Å². The van der Waals surface area contributed by atoms with Crippen molar-refractivity contribution in [2.45, 2.75) is 44.4 Å². The van der Waals surface area contributed by atoms with Crippen molar-refractivity contribution < 1.29 is 27.2 Å². The van der Waals surface area contributed by atoms with E-state index in [1.165, 1.54) is 12.1 Å². The lowest BCUT2D eigenvalue weighted by Gasteiger charge is -2.17. The maximum Gasteiger partial charge on any atom is 0.416 e. The Balaban J connectivity index is 1.89. The van der Waals surface area contributed by atoms with Gasteiger partial charge in [0.25, 0.3) is 5.91 Å². The summed E-state index contributed by atoms with van der Waals surface area (Å²) in [7, 11) is 3.46. The zero-order valence-electron chi connectivity index (χ0n) is 17.1. The topological polar surface area (TPSA) is 67.6 Å². The van der Waals surface area contributed by atoms with Gasteiger partial charge in [-0.15, -0.1) is 0 Å². The molecule has 1 aliphatic carbocycles. The third kappa shape index (κ3) is 5.40. The molecule has 6 nitrogen and oxygen atoms in total. The van der Waals surface area contributed by atoms with Crippen LogP contribution in [-0.2, 0) is 17.5 Å². The molecule has 1 fully saturated rings. The number of nitrogens with zero attached hydrogens (tertiary/aromatic N) is 2. The van der Waals surface area contributed by atoms with Gasteiger partial charge in [-0.25, -0.2) is 0 Å². The molecule has 0 saturated heterocycles. The summed E-state index contributed by atoms with van der Waals surface area (Å²) in [5, 5.41) is 6.96. The van der Waals surface area contributed by atoms with Gasteiger partial charge >= 0.3 is 6.18 Å². The van der Waals surface area contributed by atoms with Gasteiger partial charge in [0.15, 0.2) is 11.5 Å². The van der Waals surface area contributed by atoms with Crippen LogP contribution in [0.25, 0.3) is 11.3 Å². The summed E-state index contributed by atoms with van der Waals surface area (Å²) >= 11 is 0. The van der Waals surface area contributed by atoms with Crippen LogP contribution in [0.3, 0.4) is 0 Å². The molecule has 1 amide bonds. The van der Waals surface area contributed by atoms with Crippen molar-refractivity contribution in [3.05, 3.63) is 41.1 Å². The lowest BCUT2D eigenvalue weighted by Crippen LogP contribution is -2.34. The number of carbonyl (C=O) groups excluding carboxylic acids is 1. The molecule has 164 valence electrons. The summed E-state index contributed by atoms with van der Waals surface area (Å²) in [4.78, 5) is 14.8. The number of ether oxygens (including phenoxy) is 1. The van der Waals surface area contributed by atoms with Gasteiger partial charge in [-0.3, -0.25) is 9.69 Å². The van der Waals surface area contributed by atoms with E-state index < -0.39 is 11.7 Å². The van der Waals surface area contributed by atoms with Gasteiger partial charge in [0.1, 0.15) is 0 Å². The second kappa shape index (κ2) is 9.61. The Morgan fingerprint density at radius 1 is 1.27 bits per heavy atom. The van der Waals surface area contributed by atoms with Crippen LogP contribution in [0.1, 0.15) is 47.3 Å². The first-order valence-corrected chi connectivity index (χ1v) is 9.94. The number of rotatable bonds is 8. The number of carbonyl (C=O) groups is 1. The van der Waals surface area contributed by atoms with E-state index in [1.807, 2.05) is 11.9 Å². The van der Waals surface area contributed by atoms with Crippen LogP contribution in [-0.4, -0.2) is 49.3 Å². The quantitative estimate of drug-likeness (QED) is 0.690. The maximum atomic E-state index is 12.9. The maximum absolute atomic E-state index is 12.9.